The van der Waals surface area contributed by atoms with Crippen LogP contribution in [0.5, 0.6) is 0 Å². The molecule has 0 spiro atoms. The molecule has 0 aromatic heterocycles. The van der Waals surface area contributed by atoms with Gasteiger partial charge in [-0.25, -0.2) is 0 Å². The van der Waals surface area contributed by atoms with Crippen LogP contribution in [0.1, 0.15) is 32.1 Å². The van der Waals surface area contributed by atoms with Crippen LogP contribution >= 0.6 is 0 Å². The zero-order valence-corrected chi connectivity index (χ0v) is 7.00. The summed E-state index contributed by atoms with van der Waals surface area (Å²) in [6.07, 6.45) is 19.5. The first-order valence-corrected chi connectivity index (χ1v) is 4.45. The number of allylic oxidation sites excluding steroid dienone is 6. The smallest absolute Gasteiger partial charge is 0.0169 e. The maximum Gasteiger partial charge on any atom is -0.0169 e. The van der Waals surface area contributed by atoms with Gasteiger partial charge < -0.3 is 0 Å². The van der Waals surface area contributed by atoms with E-state index < -0.39 is 0 Å². The molecule has 0 N–H and O–H groups in total. The summed E-state index contributed by atoms with van der Waals surface area (Å²) in [4.78, 5) is 0. The van der Waals surface area contributed by atoms with E-state index in [4.69, 9.17) is 0 Å². The third kappa shape index (κ3) is 4.60. The molecule has 0 saturated heterocycles. The first-order valence-electron chi connectivity index (χ1n) is 4.45. The number of rotatable bonds is 0. The summed E-state index contributed by atoms with van der Waals surface area (Å²) in [7, 11) is 0. The van der Waals surface area contributed by atoms with Crippen LogP contribution in [-0.4, -0.2) is 0 Å². The lowest BCUT2D eigenvalue weighted by molar-refractivity contribution is 1.01. The third-order valence-corrected chi connectivity index (χ3v) is 1.77. The molecule has 0 radical (unpaired) electrons. The predicted molar refractivity (Wildman–Crippen MR) is 50.5 cm³/mol. The molecule has 0 aromatic carbocycles. The highest BCUT2D eigenvalue weighted by molar-refractivity contribution is 4.96. The summed E-state index contributed by atoms with van der Waals surface area (Å²) >= 11 is 0. The minimum absolute atomic E-state index is 1.11. The first-order chi connectivity index (χ1) is 5.50. The van der Waals surface area contributed by atoms with Crippen molar-refractivity contribution in [3.05, 3.63) is 36.5 Å². The van der Waals surface area contributed by atoms with Crippen LogP contribution in [-0.2, 0) is 0 Å². The molecule has 0 heterocycles. The Labute approximate surface area is 69.3 Å². The molecule has 0 amide bonds. The summed E-state index contributed by atoms with van der Waals surface area (Å²) in [6.45, 7) is 0. The average Bonchev–Trinajstić information content (AvgIpc) is 2.08. The molecule has 0 nitrogen and oxygen atoms in total. The minimum Gasteiger partial charge on any atom is -0.0882 e. The van der Waals surface area contributed by atoms with Gasteiger partial charge in [0, 0.05) is 0 Å². The van der Waals surface area contributed by atoms with Crippen molar-refractivity contribution in [3.63, 3.8) is 0 Å². The fourth-order valence-electron chi connectivity index (χ4n) is 1.13. The Morgan fingerprint density at radius 3 is 1.27 bits per heavy atom. The molecule has 0 bridgehead atoms. The van der Waals surface area contributed by atoms with Gasteiger partial charge in [0.15, 0.2) is 0 Å². The van der Waals surface area contributed by atoms with Gasteiger partial charge in [0.05, 0.1) is 0 Å². The van der Waals surface area contributed by atoms with Crippen LogP contribution in [0.15, 0.2) is 36.5 Å². The molecule has 0 fully saturated rings. The van der Waals surface area contributed by atoms with Gasteiger partial charge in [-0.3, -0.25) is 0 Å². The second-order valence-electron chi connectivity index (χ2n) is 2.80. The summed E-state index contributed by atoms with van der Waals surface area (Å²) < 4.78 is 0. The Hall–Kier alpha value is -0.780. The van der Waals surface area contributed by atoms with Crippen molar-refractivity contribution >= 4 is 0 Å². The lowest BCUT2D eigenvalue weighted by Gasteiger charge is -1.85. The molecule has 1 aliphatic rings. The largest absolute Gasteiger partial charge is 0.0882 e. The quantitative estimate of drug-likeness (QED) is 0.460. The lowest BCUT2D eigenvalue weighted by atomic mass is 10.2. The van der Waals surface area contributed by atoms with E-state index in [2.05, 4.69) is 36.5 Å². The molecule has 1 aliphatic carbocycles. The van der Waals surface area contributed by atoms with Gasteiger partial charge >= 0.3 is 0 Å². The molecule has 0 atom stereocenters. The minimum atomic E-state index is 1.11. The zero-order chi connectivity index (χ0) is 7.78. The van der Waals surface area contributed by atoms with E-state index in [1.54, 1.807) is 0 Å². The van der Waals surface area contributed by atoms with Gasteiger partial charge in [-0.2, -0.15) is 0 Å². The molecule has 0 aromatic rings. The highest BCUT2D eigenvalue weighted by Crippen LogP contribution is 2.01. The van der Waals surface area contributed by atoms with Crippen LogP contribution in [0.2, 0.25) is 0 Å². The fraction of sp³-hybridized carbons (Fsp3) is 0.455. The van der Waals surface area contributed by atoms with Crippen molar-refractivity contribution in [1.29, 1.82) is 0 Å². The second-order valence-corrected chi connectivity index (χ2v) is 2.80. The van der Waals surface area contributed by atoms with E-state index in [0.717, 1.165) is 6.42 Å². The van der Waals surface area contributed by atoms with E-state index in [9.17, 15) is 0 Å². The Morgan fingerprint density at radius 1 is 0.455 bits per heavy atom. The van der Waals surface area contributed by atoms with Crippen LogP contribution < -0.4 is 0 Å². The topological polar surface area (TPSA) is 0 Å². The van der Waals surface area contributed by atoms with Gasteiger partial charge in [0.1, 0.15) is 0 Å². The Balaban J connectivity index is 2.34. The number of hydrogen-bond donors (Lipinski definition) is 0. The van der Waals surface area contributed by atoms with Crippen molar-refractivity contribution in [2.45, 2.75) is 32.1 Å². The van der Waals surface area contributed by atoms with E-state index in [1.165, 1.54) is 25.7 Å². The standard InChI is InChI=1S/C11H16/c1-2-4-6-8-10-11-9-7-5-3-1/h1-2,5,7-8,10H,3-4,6,9,11H2/b2-1-,7-5+,10-8?. The van der Waals surface area contributed by atoms with Gasteiger partial charge in [-0.15, -0.1) is 0 Å². The normalized spacial score (nSPS) is 25.5. The van der Waals surface area contributed by atoms with Gasteiger partial charge in [0.2, 0.25) is 0 Å². The van der Waals surface area contributed by atoms with Crippen molar-refractivity contribution in [1.82, 2.24) is 0 Å². The van der Waals surface area contributed by atoms with E-state index in [0.29, 0.717) is 0 Å². The summed E-state index contributed by atoms with van der Waals surface area (Å²) in [5, 5.41) is 0. The SMILES string of the molecule is C1=CCC/C=C/C/C=C\CC1. The second kappa shape index (κ2) is 5.96. The molecule has 0 aliphatic heterocycles. The highest BCUT2D eigenvalue weighted by atomic mass is 13.9. The van der Waals surface area contributed by atoms with Crippen LogP contribution in [0.25, 0.3) is 0 Å². The Kier molecular flexibility index (Phi) is 4.51. The molecular weight excluding hydrogens is 132 g/mol. The fourth-order valence-corrected chi connectivity index (χ4v) is 1.13. The van der Waals surface area contributed by atoms with Crippen LogP contribution in [0.3, 0.4) is 0 Å². The molecular formula is C11H16. The van der Waals surface area contributed by atoms with Gasteiger partial charge in [-0.05, 0) is 32.1 Å². The third-order valence-electron chi connectivity index (χ3n) is 1.77. The van der Waals surface area contributed by atoms with Crippen molar-refractivity contribution in [2.75, 3.05) is 0 Å². The molecule has 11 heavy (non-hydrogen) atoms. The maximum absolute atomic E-state index is 2.28. The molecule has 60 valence electrons. The molecule has 0 heteroatoms. The van der Waals surface area contributed by atoms with Crippen LogP contribution in [0, 0.1) is 0 Å². The lowest BCUT2D eigenvalue weighted by Crippen LogP contribution is -1.65. The van der Waals surface area contributed by atoms with Crippen molar-refractivity contribution in [3.8, 4) is 0 Å². The predicted octanol–water partition coefficient (Wildman–Crippen LogP) is 3.62. The number of hydrogen-bond acceptors (Lipinski definition) is 0. The van der Waals surface area contributed by atoms with E-state index in [1.807, 2.05) is 0 Å². The first kappa shape index (κ1) is 8.32. The molecule has 0 unspecified atom stereocenters. The Bertz CT molecular complexity index is 143. The molecule has 0 saturated carbocycles. The van der Waals surface area contributed by atoms with Gasteiger partial charge in [0.25, 0.3) is 0 Å². The molecule has 1 rings (SSSR count). The maximum atomic E-state index is 2.28. The zero-order valence-electron chi connectivity index (χ0n) is 7.00. The van der Waals surface area contributed by atoms with Crippen LogP contribution in [0.4, 0.5) is 0 Å². The van der Waals surface area contributed by atoms with Gasteiger partial charge in [-0.1, -0.05) is 36.5 Å². The van der Waals surface area contributed by atoms with E-state index in [-0.39, 0.29) is 0 Å². The summed E-state index contributed by atoms with van der Waals surface area (Å²) in [6, 6.07) is 0. The Morgan fingerprint density at radius 2 is 0.818 bits per heavy atom. The summed E-state index contributed by atoms with van der Waals surface area (Å²) in [5.41, 5.74) is 0. The average molecular weight is 148 g/mol. The van der Waals surface area contributed by atoms with E-state index >= 15 is 0 Å². The monoisotopic (exact) mass is 148 g/mol. The summed E-state index contributed by atoms with van der Waals surface area (Å²) in [5.74, 6) is 0. The highest BCUT2D eigenvalue weighted by Gasteiger charge is 1.80. The van der Waals surface area contributed by atoms with Crippen molar-refractivity contribution < 1.29 is 0 Å². The van der Waals surface area contributed by atoms with Crippen molar-refractivity contribution in [2.24, 2.45) is 0 Å².